The molecule has 0 heterocycles. The van der Waals surface area contributed by atoms with E-state index in [0.29, 0.717) is 4.90 Å². The highest BCUT2D eigenvalue weighted by Crippen LogP contribution is 2.23. The van der Waals surface area contributed by atoms with Crippen molar-refractivity contribution in [2.75, 3.05) is 0 Å². The molecule has 0 unspecified atom stereocenters. The van der Waals surface area contributed by atoms with Crippen LogP contribution < -0.4 is 0 Å². The predicted octanol–water partition coefficient (Wildman–Crippen LogP) is 2.57. The van der Waals surface area contributed by atoms with Gasteiger partial charge in [0.05, 0.1) is 10.1 Å². The Morgan fingerprint density at radius 1 is 1.13 bits per heavy atom. The summed E-state index contributed by atoms with van der Waals surface area (Å²) in [4.78, 5) is 0.432. The van der Waals surface area contributed by atoms with Crippen LogP contribution in [0.25, 0.3) is 0 Å². The molecule has 2 nitrogen and oxygen atoms in total. The number of rotatable bonds is 2. The predicted molar refractivity (Wildman–Crippen MR) is 60.4 cm³/mol. The van der Waals surface area contributed by atoms with Crippen molar-refractivity contribution < 1.29 is 8.42 Å². The highest BCUT2D eigenvalue weighted by atomic mass is 32.2. The fourth-order valence-electron chi connectivity index (χ4n) is 1.82. The molecule has 1 aromatic rings. The second kappa shape index (κ2) is 4.19. The van der Waals surface area contributed by atoms with E-state index >= 15 is 0 Å². The zero-order valence-electron chi connectivity index (χ0n) is 8.46. The average molecular weight is 222 g/mol. The maximum Gasteiger partial charge on any atom is 0.184 e. The van der Waals surface area contributed by atoms with Crippen molar-refractivity contribution in [2.24, 2.45) is 0 Å². The SMILES string of the molecule is O=S(=O)(c1ccccc1)[C@H]1C=CCCC1. The third-order valence-electron chi connectivity index (χ3n) is 2.68. The van der Waals surface area contributed by atoms with Gasteiger partial charge in [0.2, 0.25) is 0 Å². The highest BCUT2D eigenvalue weighted by Gasteiger charge is 2.25. The van der Waals surface area contributed by atoms with Gasteiger partial charge in [-0.1, -0.05) is 30.4 Å². The van der Waals surface area contributed by atoms with Crippen LogP contribution in [0.15, 0.2) is 47.4 Å². The van der Waals surface area contributed by atoms with Crippen LogP contribution in [0.5, 0.6) is 0 Å². The summed E-state index contributed by atoms with van der Waals surface area (Å²) in [5.74, 6) is 0. The minimum absolute atomic E-state index is 0.325. The lowest BCUT2D eigenvalue weighted by Gasteiger charge is -2.16. The minimum atomic E-state index is -3.15. The molecule has 0 saturated heterocycles. The number of hydrogen-bond acceptors (Lipinski definition) is 2. The van der Waals surface area contributed by atoms with Crippen molar-refractivity contribution in [3.63, 3.8) is 0 Å². The zero-order valence-corrected chi connectivity index (χ0v) is 9.28. The lowest BCUT2D eigenvalue weighted by molar-refractivity contribution is 0.577. The molecule has 0 aromatic heterocycles. The Bertz CT molecular complexity index is 446. The Kier molecular flexibility index (Phi) is 2.91. The largest absolute Gasteiger partial charge is 0.223 e. The summed E-state index contributed by atoms with van der Waals surface area (Å²) in [6.45, 7) is 0. The molecule has 1 aromatic carbocycles. The molecule has 1 aliphatic rings. The van der Waals surface area contributed by atoms with Crippen molar-refractivity contribution in [2.45, 2.75) is 29.4 Å². The Morgan fingerprint density at radius 3 is 2.47 bits per heavy atom. The number of hydrogen-bond donors (Lipinski definition) is 0. The molecule has 0 N–H and O–H groups in total. The molecule has 0 amide bonds. The molecule has 1 aliphatic carbocycles. The molecule has 0 bridgehead atoms. The molecule has 1 atom stereocenters. The lowest BCUT2D eigenvalue weighted by atomic mass is 10.1. The smallest absolute Gasteiger partial charge is 0.184 e. The summed E-state index contributed by atoms with van der Waals surface area (Å²) >= 11 is 0. The first kappa shape index (κ1) is 10.4. The summed E-state index contributed by atoms with van der Waals surface area (Å²) in [7, 11) is -3.15. The van der Waals surface area contributed by atoms with Gasteiger partial charge in [-0.15, -0.1) is 0 Å². The van der Waals surface area contributed by atoms with Crippen molar-refractivity contribution in [3.05, 3.63) is 42.5 Å². The normalized spacial score (nSPS) is 21.5. The average Bonchev–Trinajstić information content (AvgIpc) is 2.31. The van der Waals surface area contributed by atoms with Crippen molar-refractivity contribution >= 4 is 9.84 Å². The Balaban J connectivity index is 2.35. The molecule has 0 radical (unpaired) electrons. The van der Waals surface area contributed by atoms with Gasteiger partial charge in [0, 0.05) is 0 Å². The van der Waals surface area contributed by atoms with Gasteiger partial charge >= 0.3 is 0 Å². The van der Waals surface area contributed by atoms with Gasteiger partial charge in [-0.25, -0.2) is 8.42 Å². The van der Waals surface area contributed by atoms with Gasteiger partial charge in [-0.2, -0.15) is 0 Å². The van der Waals surface area contributed by atoms with Gasteiger partial charge in [0.25, 0.3) is 0 Å². The third kappa shape index (κ3) is 2.12. The second-order valence-corrected chi connectivity index (χ2v) is 5.92. The summed E-state index contributed by atoms with van der Waals surface area (Å²) in [5, 5.41) is -0.325. The topological polar surface area (TPSA) is 34.1 Å². The van der Waals surface area contributed by atoms with E-state index in [9.17, 15) is 8.42 Å². The van der Waals surface area contributed by atoms with Crippen LogP contribution >= 0.6 is 0 Å². The van der Waals surface area contributed by atoms with Crippen LogP contribution in [0.2, 0.25) is 0 Å². The van der Waals surface area contributed by atoms with Crippen molar-refractivity contribution in [1.29, 1.82) is 0 Å². The van der Waals surface area contributed by atoms with E-state index in [1.54, 1.807) is 24.3 Å². The maximum atomic E-state index is 12.1. The van der Waals surface area contributed by atoms with Gasteiger partial charge < -0.3 is 0 Å². The number of allylic oxidation sites excluding steroid dienone is 1. The molecule has 80 valence electrons. The zero-order chi connectivity index (χ0) is 10.7. The first-order chi connectivity index (χ1) is 7.21. The van der Waals surface area contributed by atoms with E-state index in [4.69, 9.17) is 0 Å². The van der Waals surface area contributed by atoms with Crippen LogP contribution in [-0.2, 0) is 9.84 Å². The summed E-state index contributed by atoms with van der Waals surface area (Å²) in [5.41, 5.74) is 0. The molecular formula is C12H14O2S. The van der Waals surface area contributed by atoms with Crippen LogP contribution in [0.3, 0.4) is 0 Å². The van der Waals surface area contributed by atoms with Crippen LogP contribution in [0, 0.1) is 0 Å². The maximum absolute atomic E-state index is 12.1. The summed E-state index contributed by atoms with van der Waals surface area (Å²) in [6, 6.07) is 8.68. The summed E-state index contributed by atoms with van der Waals surface area (Å²) in [6.07, 6.45) is 6.50. The number of benzene rings is 1. The lowest BCUT2D eigenvalue weighted by Crippen LogP contribution is -2.20. The van der Waals surface area contributed by atoms with E-state index in [-0.39, 0.29) is 5.25 Å². The Labute approximate surface area is 90.6 Å². The third-order valence-corrected chi connectivity index (χ3v) is 4.80. The van der Waals surface area contributed by atoms with Crippen molar-refractivity contribution in [1.82, 2.24) is 0 Å². The van der Waals surface area contributed by atoms with E-state index in [0.717, 1.165) is 19.3 Å². The first-order valence-electron chi connectivity index (χ1n) is 5.17. The number of sulfone groups is 1. The van der Waals surface area contributed by atoms with E-state index in [2.05, 4.69) is 0 Å². The Hall–Kier alpha value is -1.09. The van der Waals surface area contributed by atoms with Crippen LogP contribution in [0.4, 0.5) is 0 Å². The summed E-state index contributed by atoms with van der Waals surface area (Å²) < 4.78 is 24.3. The van der Waals surface area contributed by atoms with Gasteiger partial charge in [0.15, 0.2) is 9.84 Å². The Morgan fingerprint density at radius 2 is 1.87 bits per heavy atom. The van der Waals surface area contributed by atoms with Gasteiger partial charge in [-0.3, -0.25) is 0 Å². The minimum Gasteiger partial charge on any atom is -0.223 e. The van der Waals surface area contributed by atoms with Gasteiger partial charge in [-0.05, 0) is 31.4 Å². The molecule has 0 saturated carbocycles. The molecule has 0 spiro atoms. The molecular weight excluding hydrogens is 208 g/mol. The standard InChI is InChI=1S/C12H14O2S/c13-15(14,11-7-3-1-4-8-11)12-9-5-2-6-10-12/h1,3-5,7-9,12H,2,6,10H2/t12-/m0/s1. The van der Waals surface area contributed by atoms with Gasteiger partial charge in [0.1, 0.15) is 0 Å². The van der Waals surface area contributed by atoms with Crippen LogP contribution in [-0.4, -0.2) is 13.7 Å². The first-order valence-corrected chi connectivity index (χ1v) is 6.71. The highest BCUT2D eigenvalue weighted by molar-refractivity contribution is 7.92. The fourth-order valence-corrected chi connectivity index (χ4v) is 3.51. The molecule has 2 rings (SSSR count). The van der Waals surface area contributed by atoms with Crippen molar-refractivity contribution in [3.8, 4) is 0 Å². The monoisotopic (exact) mass is 222 g/mol. The molecule has 0 aliphatic heterocycles. The quantitative estimate of drug-likeness (QED) is 0.721. The second-order valence-electron chi connectivity index (χ2n) is 3.76. The molecule has 3 heteroatoms. The molecule has 0 fully saturated rings. The molecule has 15 heavy (non-hydrogen) atoms. The fraction of sp³-hybridized carbons (Fsp3) is 0.333. The van der Waals surface area contributed by atoms with E-state index in [1.807, 2.05) is 18.2 Å². The van der Waals surface area contributed by atoms with E-state index in [1.165, 1.54) is 0 Å². The van der Waals surface area contributed by atoms with E-state index < -0.39 is 9.84 Å². The van der Waals surface area contributed by atoms with Crippen LogP contribution in [0.1, 0.15) is 19.3 Å².